The summed E-state index contributed by atoms with van der Waals surface area (Å²) in [6.45, 7) is 7.20. The monoisotopic (exact) mass is 245 g/mol. The Kier molecular flexibility index (Phi) is 3.65. The third-order valence-corrected chi connectivity index (χ3v) is 2.99. The molecule has 0 fully saturated rings. The highest BCUT2D eigenvalue weighted by Gasteiger charge is 2.11. The fourth-order valence-corrected chi connectivity index (χ4v) is 1.98. The van der Waals surface area contributed by atoms with Crippen LogP contribution in [0.25, 0.3) is 11.0 Å². The second-order valence-electron chi connectivity index (χ2n) is 4.63. The maximum atomic E-state index is 11.6. The molecule has 1 N–H and O–H groups in total. The molecule has 0 radical (unpaired) electrons. The van der Waals surface area contributed by atoms with Crippen molar-refractivity contribution in [1.29, 1.82) is 0 Å². The van der Waals surface area contributed by atoms with Crippen LogP contribution >= 0.6 is 0 Å². The normalized spacial score (nSPS) is 11.1. The molecule has 1 heterocycles. The van der Waals surface area contributed by atoms with E-state index < -0.39 is 0 Å². The Bertz CT molecular complexity index is 557. The van der Waals surface area contributed by atoms with Crippen molar-refractivity contribution in [2.75, 3.05) is 0 Å². The summed E-state index contributed by atoms with van der Waals surface area (Å²) in [5.74, 6) is 0.974. The summed E-state index contributed by atoms with van der Waals surface area (Å²) in [6.07, 6.45) is 0. The number of carbonyl (C=O) groups is 1. The molecule has 2 rings (SSSR count). The molecule has 96 valence electrons. The second kappa shape index (κ2) is 5.21. The molecule has 0 aliphatic carbocycles. The molecule has 0 spiro atoms. The van der Waals surface area contributed by atoms with E-state index in [2.05, 4.69) is 27.9 Å². The fraction of sp³-hybridized carbons (Fsp3) is 0.429. The fourth-order valence-electron chi connectivity index (χ4n) is 1.98. The third-order valence-electron chi connectivity index (χ3n) is 2.99. The Hall–Kier alpha value is -1.84. The van der Waals surface area contributed by atoms with Crippen molar-refractivity contribution >= 4 is 16.9 Å². The van der Waals surface area contributed by atoms with Gasteiger partial charge in [0.1, 0.15) is 5.82 Å². The molecule has 0 unspecified atom stereocenters. The second-order valence-corrected chi connectivity index (χ2v) is 4.63. The van der Waals surface area contributed by atoms with Crippen LogP contribution in [0.15, 0.2) is 24.3 Å². The first kappa shape index (κ1) is 12.6. The minimum absolute atomic E-state index is 0.00412. The summed E-state index contributed by atoms with van der Waals surface area (Å²) in [5, 5.41) is 2.91. The number of hydrogen-bond donors (Lipinski definition) is 1. The average Bonchev–Trinajstić information content (AvgIpc) is 2.73. The lowest BCUT2D eigenvalue weighted by molar-refractivity contribution is -0.124. The molecule has 0 aliphatic rings. The Labute approximate surface area is 107 Å². The Balaban J connectivity index is 2.25. The van der Waals surface area contributed by atoms with E-state index in [-0.39, 0.29) is 11.8 Å². The summed E-state index contributed by atoms with van der Waals surface area (Å²) < 4.78 is 2.13. The van der Waals surface area contributed by atoms with Crippen LogP contribution in [0.1, 0.15) is 26.6 Å². The lowest BCUT2D eigenvalue weighted by atomic mass is 10.2. The molecule has 0 saturated carbocycles. The summed E-state index contributed by atoms with van der Waals surface area (Å²) in [4.78, 5) is 16.1. The zero-order valence-corrected chi connectivity index (χ0v) is 11.1. The van der Waals surface area contributed by atoms with Gasteiger partial charge in [0.05, 0.1) is 17.6 Å². The van der Waals surface area contributed by atoms with Crippen LogP contribution in [0.4, 0.5) is 0 Å². The quantitative estimate of drug-likeness (QED) is 0.898. The maximum absolute atomic E-state index is 11.6. The summed E-state index contributed by atoms with van der Waals surface area (Å²) >= 11 is 0. The van der Waals surface area contributed by atoms with Crippen LogP contribution in [-0.2, 0) is 17.9 Å². The number of benzene rings is 1. The van der Waals surface area contributed by atoms with Gasteiger partial charge in [-0.15, -0.1) is 0 Å². The molecule has 1 aromatic carbocycles. The molecule has 4 nitrogen and oxygen atoms in total. The predicted octanol–water partition coefficient (Wildman–Crippen LogP) is 2.33. The van der Waals surface area contributed by atoms with E-state index in [1.165, 1.54) is 0 Å². The van der Waals surface area contributed by atoms with Crippen LogP contribution < -0.4 is 5.32 Å². The number of nitrogens with one attached hydrogen (secondary N) is 1. The van der Waals surface area contributed by atoms with E-state index in [0.717, 1.165) is 23.4 Å². The van der Waals surface area contributed by atoms with Crippen molar-refractivity contribution in [1.82, 2.24) is 14.9 Å². The number of aryl methyl sites for hydroxylation is 1. The van der Waals surface area contributed by atoms with E-state index in [1.807, 2.05) is 32.0 Å². The van der Waals surface area contributed by atoms with Gasteiger partial charge in [-0.2, -0.15) is 0 Å². The number of carbonyl (C=O) groups excluding carboxylic acids is 1. The molecule has 2 aromatic rings. The molecule has 4 heteroatoms. The minimum atomic E-state index is 0.00412. The Morgan fingerprint density at radius 3 is 2.78 bits per heavy atom. The standard InChI is InChI=1S/C14H19N3O/c1-4-17-12-8-6-5-7-11(12)16-13(17)9-15-14(18)10(2)3/h5-8,10H,4,9H2,1-3H3,(H,15,18). The molecule has 0 saturated heterocycles. The van der Waals surface area contributed by atoms with Crippen molar-refractivity contribution < 1.29 is 4.79 Å². The van der Waals surface area contributed by atoms with Gasteiger partial charge in [-0.25, -0.2) is 4.98 Å². The molecule has 0 aliphatic heterocycles. The summed E-state index contributed by atoms with van der Waals surface area (Å²) in [5.41, 5.74) is 2.10. The number of nitrogens with zero attached hydrogens (tertiary/aromatic N) is 2. The first-order chi connectivity index (χ1) is 8.63. The van der Waals surface area contributed by atoms with Gasteiger partial charge in [0.15, 0.2) is 0 Å². The van der Waals surface area contributed by atoms with Crippen molar-refractivity contribution in [3.63, 3.8) is 0 Å². The highest BCUT2D eigenvalue weighted by molar-refractivity contribution is 5.78. The van der Waals surface area contributed by atoms with Gasteiger partial charge in [-0.3, -0.25) is 4.79 Å². The van der Waals surface area contributed by atoms with Crippen molar-refractivity contribution in [3.8, 4) is 0 Å². The molecular weight excluding hydrogens is 226 g/mol. The molecular formula is C14H19N3O. The maximum Gasteiger partial charge on any atom is 0.222 e. The molecule has 0 bridgehead atoms. The SMILES string of the molecule is CCn1c(CNC(=O)C(C)C)nc2ccccc21. The van der Waals surface area contributed by atoms with Crippen molar-refractivity contribution in [2.24, 2.45) is 5.92 Å². The van der Waals surface area contributed by atoms with Crippen LogP contribution in [0.3, 0.4) is 0 Å². The number of rotatable bonds is 4. The van der Waals surface area contributed by atoms with Gasteiger partial charge in [0.25, 0.3) is 0 Å². The van der Waals surface area contributed by atoms with Gasteiger partial charge in [-0.1, -0.05) is 26.0 Å². The summed E-state index contributed by atoms with van der Waals surface area (Å²) in [7, 11) is 0. The zero-order chi connectivity index (χ0) is 13.1. The van der Waals surface area contributed by atoms with Crippen LogP contribution in [-0.4, -0.2) is 15.5 Å². The van der Waals surface area contributed by atoms with Gasteiger partial charge >= 0.3 is 0 Å². The lowest BCUT2D eigenvalue weighted by Crippen LogP contribution is -2.28. The predicted molar refractivity (Wildman–Crippen MR) is 72.1 cm³/mol. The van der Waals surface area contributed by atoms with E-state index in [4.69, 9.17) is 0 Å². The van der Waals surface area contributed by atoms with E-state index in [9.17, 15) is 4.79 Å². The first-order valence-electron chi connectivity index (χ1n) is 6.35. The van der Waals surface area contributed by atoms with Crippen LogP contribution in [0.5, 0.6) is 0 Å². The van der Waals surface area contributed by atoms with Crippen molar-refractivity contribution in [3.05, 3.63) is 30.1 Å². The number of imidazole rings is 1. The molecule has 18 heavy (non-hydrogen) atoms. The van der Waals surface area contributed by atoms with Crippen LogP contribution in [0.2, 0.25) is 0 Å². The van der Waals surface area contributed by atoms with Crippen LogP contribution in [0, 0.1) is 5.92 Å². The number of para-hydroxylation sites is 2. The molecule has 1 amide bonds. The van der Waals surface area contributed by atoms with E-state index in [0.29, 0.717) is 6.54 Å². The topological polar surface area (TPSA) is 46.9 Å². The Morgan fingerprint density at radius 1 is 1.39 bits per heavy atom. The molecule has 0 atom stereocenters. The van der Waals surface area contributed by atoms with Crippen molar-refractivity contribution in [2.45, 2.75) is 33.9 Å². The minimum Gasteiger partial charge on any atom is -0.349 e. The highest BCUT2D eigenvalue weighted by Crippen LogP contribution is 2.15. The largest absolute Gasteiger partial charge is 0.349 e. The van der Waals surface area contributed by atoms with Gasteiger partial charge in [0.2, 0.25) is 5.91 Å². The highest BCUT2D eigenvalue weighted by atomic mass is 16.1. The molecule has 1 aromatic heterocycles. The smallest absolute Gasteiger partial charge is 0.222 e. The number of aromatic nitrogens is 2. The van der Waals surface area contributed by atoms with E-state index >= 15 is 0 Å². The first-order valence-corrected chi connectivity index (χ1v) is 6.35. The Morgan fingerprint density at radius 2 is 2.11 bits per heavy atom. The zero-order valence-electron chi connectivity index (χ0n) is 11.1. The van der Waals surface area contributed by atoms with Gasteiger partial charge in [0, 0.05) is 12.5 Å². The summed E-state index contributed by atoms with van der Waals surface area (Å²) in [6, 6.07) is 8.04. The number of fused-ring (bicyclic) bond motifs is 1. The lowest BCUT2D eigenvalue weighted by Gasteiger charge is -2.09. The number of hydrogen-bond acceptors (Lipinski definition) is 2. The van der Waals surface area contributed by atoms with E-state index in [1.54, 1.807) is 0 Å². The van der Waals surface area contributed by atoms with Gasteiger partial charge < -0.3 is 9.88 Å². The van der Waals surface area contributed by atoms with Gasteiger partial charge in [-0.05, 0) is 19.1 Å². The third kappa shape index (κ3) is 2.37. The number of amides is 1. The average molecular weight is 245 g/mol.